The van der Waals surface area contributed by atoms with Gasteiger partial charge in [0.15, 0.2) is 18.1 Å². The molecular weight excluding hydrogens is 390 g/mol. The summed E-state index contributed by atoms with van der Waals surface area (Å²) in [6.07, 6.45) is 2.18. The lowest BCUT2D eigenvalue weighted by Crippen LogP contribution is -2.41. The van der Waals surface area contributed by atoms with E-state index < -0.39 is 5.97 Å². The number of esters is 1. The topological polar surface area (TPSA) is 65.1 Å². The van der Waals surface area contributed by atoms with Crippen molar-refractivity contribution in [2.75, 3.05) is 33.9 Å². The second kappa shape index (κ2) is 9.08. The molecule has 0 N–H and O–H groups in total. The molecule has 25 heavy (non-hydrogen) atoms. The number of piperidine rings is 1. The summed E-state index contributed by atoms with van der Waals surface area (Å²) < 4.78 is 16.3. The number of hydrogen-bond acceptors (Lipinski definition) is 5. The minimum absolute atomic E-state index is 0.0463. The van der Waals surface area contributed by atoms with Gasteiger partial charge in [-0.25, -0.2) is 0 Å². The summed E-state index contributed by atoms with van der Waals surface area (Å²) in [7, 11) is 3.08. The Kier molecular flexibility index (Phi) is 7.11. The third-order valence-electron chi connectivity index (χ3n) is 4.25. The van der Waals surface area contributed by atoms with E-state index in [4.69, 9.17) is 14.2 Å². The highest BCUT2D eigenvalue weighted by Gasteiger charge is 2.22. The molecule has 0 aliphatic carbocycles. The molecule has 0 bridgehead atoms. The highest BCUT2D eigenvalue weighted by molar-refractivity contribution is 9.10. The Hall–Kier alpha value is -1.76. The zero-order valence-corrected chi connectivity index (χ0v) is 16.4. The molecule has 1 heterocycles. The fraction of sp³-hybridized carbons (Fsp3) is 0.556. The second-order valence-electron chi connectivity index (χ2n) is 6.22. The lowest BCUT2D eigenvalue weighted by Gasteiger charge is -2.30. The second-order valence-corrected chi connectivity index (χ2v) is 7.08. The molecule has 0 radical (unpaired) electrons. The predicted molar refractivity (Wildman–Crippen MR) is 96.9 cm³/mol. The van der Waals surface area contributed by atoms with Crippen LogP contribution in [-0.2, 0) is 20.7 Å². The molecule has 1 aromatic carbocycles. The molecule has 1 aliphatic rings. The van der Waals surface area contributed by atoms with Crippen molar-refractivity contribution in [3.05, 3.63) is 22.2 Å². The number of likely N-dealkylation sites (tertiary alicyclic amines) is 1. The number of hydrogen-bond donors (Lipinski definition) is 0. The number of halogens is 1. The molecule has 138 valence electrons. The third-order valence-corrected chi connectivity index (χ3v) is 4.99. The molecule has 2 rings (SSSR count). The van der Waals surface area contributed by atoms with Crippen molar-refractivity contribution in [2.24, 2.45) is 5.92 Å². The van der Waals surface area contributed by atoms with Crippen LogP contribution in [-0.4, -0.2) is 50.7 Å². The molecule has 0 aromatic heterocycles. The Morgan fingerprint density at radius 3 is 2.56 bits per heavy atom. The first kappa shape index (κ1) is 19.6. The van der Waals surface area contributed by atoms with E-state index in [1.54, 1.807) is 24.1 Å². The van der Waals surface area contributed by atoms with Gasteiger partial charge < -0.3 is 19.1 Å². The van der Waals surface area contributed by atoms with E-state index in [1.165, 1.54) is 7.11 Å². The van der Waals surface area contributed by atoms with Crippen molar-refractivity contribution < 1.29 is 23.8 Å². The van der Waals surface area contributed by atoms with Crippen LogP contribution in [0.3, 0.4) is 0 Å². The molecule has 1 amide bonds. The van der Waals surface area contributed by atoms with Crippen LogP contribution in [0.2, 0.25) is 0 Å². The van der Waals surface area contributed by atoms with E-state index in [-0.39, 0.29) is 18.9 Å². The largest absolute Gasteiger partial charge is 0.493 e. The average molecular weight is 414 g/mol. The molecule has 0 unspecified atom stereocenters. The summed E-state index contributed by atoms with van der Waals surface area (Å²) in [6.45, 7) is 3.38. The first-order chi connectivity index (χ1) is 11.9. The Morgan fingerprint density at radius 2 is 1.92 bits per heavy atom. The minimum atomic E-state index is -0.452. The van der Waals surface area contributed by atoms with Gasteiger partial charge in [0.1, 0.15) is 0 Å². The fourth-order valence-corrected chi connectivity index (χ4v) is 3.35. The number of ether oxygens (including phenoxy) is 3. The first-order valence-corrected chi connectivity index (χ1v) is 9.07. The van der Waals surface area contributed by atoms with Crippen LogP contribution in [0.5, 0.6) is 11.5 Å². The number of rotatable bonds is 6. The van der Waals surface area contributed by atoms with Crippen molar-refractivity contribution in [3.8, 4) is 11.5 Å². The molecule has 1 saturated heterocycles. The third kappa shape index (κ3) is 5.36. The fourth-order valence-electron chi connectivity index (χ4n) is 2.89. The molecule has 1 aromatic rings. The highest BCUT2D eigenvalue weighted by atomic mass is 79.9. The summed E-state index contributed by atoms with van der Waals surface area (Å²) in [5, 5.41) is 0. The molecule has 1 fully saturated rings. The normalized spacial score (nSPS) is 17.1. The maximum atomic E-state index is 12.2. The van der Waals surface area contributed by atoms with Crippen LogP contribution < -0.4 is 9.47 Å². The van der Waals surface area contributed by atoms with Gasteiger partial charge in [-0.15, -0.1) is 0 Å². The molecular formula is C18H24BrNO5. The van der Waals surface area contributed by atoms with Gasteiger partial charge in [-0.3, -0.25) is 9.59 Å². The first-order valence-electron chi connectivity index (χ1n) is 8.28. The Bertz CT molecular complexity index is 634. The molecule has 7 heteroatoms. The SMILES string of the molecule is COc1cc(Br)c(CC(=O)OCC(=O)N2CCC[C@@H](C)C2)cc1OC. The van der Waals surface area contributed by atoms with Crippen LogP contribution in [0.1, 0.15) is 25.3 Å². The number of nitrogens with zero attached hydrogens (tertiary/aromatic N) is 1. The zero-order chi connectivity index (χ0) is 18.4. The highest BCUT2D eigenvalue weighted by Crippen LogP contribution is 2.33. The summed E-state index contributed by atoms with van der Waals surface area (Å²) in [6, 6.07) is 3.46. The van der Waals surface area contributed by atoms with E-state index in [1.807, 2.05) is 0 Å². The van der Waals surface area contributed by atoms with Crippen LogP contribution in [0, 0.1) is 5.92 Å². The van der Waals surface area contributed by atoms with Crippen LogP contribution in [0.25, 0.3) is 0 Å². The number of carbonyl (C=O) groups excluding carboxylic acids is 2. The van der Waals surface area contributed by atoms with E-state index in [0.29, 0.717) is 23.0 Å². The maximum absolute atomic E-state index is 12.2. The van der Waals surface area contributed by atoms with E-state index in [9.17, 15) is 9.59 Å². The van der Waals surface area contributed by atoms with Gasteiger partial charge in [0, 0.05) is 17.6 Å². The van der Waals surface area contributed by atoms with Crippen LogP contribution in [0.4, 0.5) is 0 Å². The van der Waals surface area contributed by atoms with Crippen molar-refractivity contribution >= 4 is 27.8 Å². The Labute approximate surface area is 156 Å². The standard InChI is InChI=1S/C18H24BrNO5/c1-12-5-4-6-20(10-12)17(21)11-25-18(22)8-13-7-15(23-2)16(24-3)9-14(13)19/h7,9,12H,4-6,8,10-11H2,1-3H3/t12-/m1/s1. The zero-order valence-electron chi connectivity index (χ0n) is 14.8. The number of benzene rings is 1. The Morgan fingerprint density at radius 1 is 1.24 bits per heavy atom. The molecule has 1 aliphatic heterocycles. The van der Waals surface area contributed by atoms with Gasteiger partial charge in [0.05, 0.1) is 20.6 Å². The minimum Gasteiger partial charge on any atom is -0.493 e. The lowest BCUT2D eigenvalue weighted by molar-refractivity contribution is -0.152. The molecule has 1 atom stereocenters. The summed E-state index contributed by atoms with van der Waals surface area (Å²) in [5.41, 5.74) is 0.710. The average Bonchev–Trinajstić information content (AvgIpc) is 2.60. The van der Waals surface area contributed by atoms with Gasteiger partial charge in [0.2, 0.25) is 0 Å². The van der Waals surface area contributed by atoms with Crippen LogP contribution in [0.15, 0.2) is 16.6 Å². The van der Waals surface area contributed by atoms with Crippen LogP contribution >= 0.6 is 15.9 Å². The summed E-state index contributed by atoms with van der Waals surface area (Å²) in [5.74, 6) is 1.02. The van der Waals surface area contributed by atoms with Gasteiger partial charge >= 0.3 is 5.97 Å². The van der Waals surface area contributed by atoms with E-state index in [0.717, 1.165) is 30.4 Å². The van der Waals surface area contributed by atoms with Gasteiger partial charge in [-0.05, 0) is 36.5 Å². The quantitative estimate of drug-likeness (QED) is 0.670. The van der Waals surface area contributed by atoms with Crippen molar-refractivity contribution in [1.82, 2.24) is 4.90 Å². The van der Waals surface area contributed by atoms with Gasteiger partial charge in [-0.1, -0.05) is 22.9 Å². The number of amides is 1. The number of carbonyl (C=O) groups is 2. The van der Waals surface area contributed by atoms with Gasteiger partial charge in [-0.2, -0.15) is 0 Å². The summed E-state index contributed by atoms with van der Waals surface area (Å²) in [4.78, 5) is 26.0. The molecule has 6 nitrogen and oxygen atoms in total. The van der Waals surface area contributed by atoms with Crippen molar-refractivity contribution in [2.45, 2.75) is 26.2 Å². The monoisotopic (exact) mass is 413 g/mol. The maximum Gasteiger partial charge on any atom is 0.310 e. The van der Waals surface area contributed by atoms with E-state index >= 15 is 0 Å². The van der Waals surface area contributed by atoms with Gasteiger partial charge in [0.25, 0.3) is 5.91 Å². The smallest absolute Gasteiger partial charge is 0.310 e. The van der Waals surface area contributed by atoms with E-state index in [2.05, 4.69) is 22.9 Å². The predicted octanol–water partition coefficient (Wildman–Crippen LogP) is 2.81. The number of methoxy groups -OCH3 is 2. The molecule has 0 saturated carbocycles. The summed E-state index contributed by atoms with van der Waals surface area (Å²) >= 11 is 3.41. The Balaban J connectivity index is 1.91. The van der Waals surface area contributed by atoms with Crippen molar-refractivity contribution in [3.63, 3.8) is 0 Å². The van der Waals surface area contributed by atoms with Crippen molar-refractivity contribution in [1.29, 1.82) is 0 Å². The lowest BCUT2D eigenvalue weighted by atomic mass is 10.0. The molecule has 0 spiro atoms.